The highest BCUT2D eigenvalue weighted by Gasteiger charge is 2.09. The van der Waals surface area contributed by atoms with Crippen molar-refractivity contribution in [2.75, 3.05) is 0 Å². The summed E-state index contributed by atoms with van der Waals surface area (Å²) in [7, 11) is 0. The first-order chi connectivity index (χ1) is 6.56. The van der Waals surface area contributed by atoms with Crippen molar-refractivity contribution in [2.45, 2.75) is 34.2 Å². The van der Waals surface area contributed by atoms with Crippen molar-refractivity contribution in [3.63, 3.8) is 0 Å². The molecule has 4 heteroatoms. The van der Waals surface area contributed by atoms with Gasteiger partial charge in [-0.15, -0.1) is 0 Å². The van der Waals surface area contributed by atoms with Gasteiger partial charge in [0, 0.05) is 17.8 Å². The molecule has 1 heterocycles. The topological polar surface area (TPSA) is 50.4 Å². The van der Waals surface area contributed by atoms with Gasteiger partial charge in [0.25, 0.3) is 0 Å². The summed E-state index contributed by atoms with van der Waals surface area (Å²) in [6, 6.07) is 0. The van der Waals surface area contributed by atoms with Crippen molar-refractivity contribution in [1.82, 2.24) is 9.78 Å². The fraction of sp³-hybridized carbons (Fsp3) is 0.600. The van der Waals surface area contributed by atoms with E-state index in [4.69, 9.17) is 5.21 Å². The van der Waals surface area contributed by atoms with Gasteiger partial charge in [0.2, 0.25) is 0 Å². The summed E-state index contributed by atoms with van der Waals surface area (Å²) in [6.45, 7) is 8.94. The second kappa shape index (κ2) is 4.26. The second-order valence-electron chi connectivity index (χ2n) is 3.91. The van der Waals surface area contributed by atoms with Gasteiger partial charge >= 0.3 is 0 Å². The Morgan fingerprint density at radius 2 is 2.29 bits per heavy atom. The summed E-state index contributed by atoms with van der Waals surface area (Å²) in [5, 5.41) is 16.1. The van der Waals surface area contributed by atoms with Crippen molar-refractivity contribution < 1.29 is 5.21 Å². The zero-order valence-electron chi connectivity index (χ0n) is 9.15. The molecule has 0 aromatic carbocycles. The molecule has 0 radical (unpaired) electrons. The van der Waals surface area contributed by atoms with Crippen LogP contribution in [0.25, 0.3) is 0 Å². The number of nitrogens with zero attached hydrogens (tertiary/aromatic N) is 3. The van der Waals surface area contributed by atoms with Crippen LogP contribution in [0.15, 0.2) is 11.4 Å². The number of hydrogen-bond acceptors (Lipinski definition) is 3. The van der Waals surface area contributed by atoms with Crippen LogP contribution in [0.3, 0.4) is 0 Å². The molecule has 0 unspecified atom stereocenters. The molecule has 14 heavy (non-hydrogen) atoms. The van der Waals surface area contributed by atoms with Crippen LogP contribution in [-0.4, -0.2) is 20.7 Å². The van der Waals surface area contributed by atoms with Gasteiger partial charge in [-0.2, -0.15) is 5.10 Å². The third-order valence-corrected chi connectivity index (χ3v) is 2.18. The quantitative estimate of drug-likeness (QED) is 0.456. The fourth-order valence-electron chi connectivity index (χ4n) is 1.39. The van der Waals surface area contributed by atoms with Crippen molar-refractivity contribution in [1.29, 1.82) is 0 Å². The molecule has 0 atom stereocenters. The number of aromatic nitrogens is 2. The molecule has 1 N–H and O–H groups in total. The van der Waals surface area contributed by atoms with Crippen LogP contribution < -0.4 is 0 Å². The van der Waals surface area contributed by atoms with Gasteiger partial charge in [-0.3, -0.25) is 4.68 Å². The van der Waals surface area contributed by atoms with Gasteiger partial charge in [0.1, 0.15) is 0 Å². The van der Waals surface area contributed by atoms with E-state index >= 15 is 0 Å². The lowest BCUT2D eigenvalue weighted by atomic mass is 10.2. The molecule has 0 aliphatic rings. The molecule has 1 rings (SSSR count). The van der Waals surface area contributed by atoms with Crippen molar-refractivity contribution in [3.05, 3.63) is 17.5 Å². The third-order valence-electron chi connectivity index (χ3n) is 2.18. The van der Waals surface area contributed by atoms with E-state index in [2.05, 4.69) is 24.1 Å². The van der Waals surface area contributed by atoms with E-state index in [-0.39, 0.29) is 0 Å². The van der Waals surface area contributed by atoms with E-state index in [1.807, 2.05) is 11.6 Å². The summed E-state index contributed by atoms with van der Waals surface area (Å²) in [6.07, 6.45) is 1.74. The van der Waals surface area contributed by atoms with Crippen LogP contribution in [0.4, 0.5) is 0 Å². The minimum atomic E-state index is 0.563. The van der Waals surface area contributed by atoms with E-state index in [1.165, 1.54) is 0 Å². The predicted molar refractivity (Wildman–Crippen MR) is 55.8 cm³/mol. The summed E-state index contributed by atoms with van der Waals surface area (Å²) in [5.74, 6) is 0.563. The molecule has 0 spiro atoms. The van der Waals surface area contributed by atoms with E-state index < -0.39 is 0 Å². The Bertz CT molecular complexity index is 339. The Labute approximate surface area is 84.2 Å². The summed E-state index contributed by atoms with van der Waals surface area (Å²) < 4.78 is 1.94. The van der Waals surface area contributed by atoms with Crippen LogP contribution >= 0.6 is 0 Å². The molecule has 1 aromatic heterocycles. The standard InChI is InChI=1S/C10H17N3O/c1-7(2)6-13-9(4)10(5-11-13)8(3)12-14/h5,7,14H,6H2,1-4H3/b12-8+. The van der Waals surface area contributed by atoms with Crippen molar-refractivity contribution in [3.8, 4) is 0 Å². The summed E-state index contributed by atoms with van der Waals surface area (Å²) in [5.41, 5.74) is 2.57. The summed E-state index contributed by atoms with van der Waals surface area (Å²) >= 11 is 0. The van der Waals surface area contributed by atoms with E-state index in [0.717, 1.165) is 17.8 Å². The Kier molecular flexibility index (Phi) is 3.28. The Morgan fingerprint density at radius 1 is 1.64 bits per heavy atom. The maximum Gasteiger partial charge on any atom is 0.0871 e. The lowest BCUT2D eigenvalue weighted by Gasteiger charge is -2.07. The van der Waals surface area contributed by atoms with Crippen molar-refractivity contribution >= 4 is 5.71 Å². The van der Waals surface area contributed by atoms with Gasteiger partial charge in [0.05, 0.1) is 11.9 Å². The predicted octanol–water partition coefficient (Wildman–Crippen LogP) is 2.05. The summed E-state index contributed by atoms with van der Waals surface area (Å²) in [4.78, 5) is 0. The molecule has 0 aliphatic heterocycles. The van der Waals surface area contributed by atoms with E-state index in [9.17, 15) is 0 Å². The van der Waals surface area contributed by atoms with Crippen LogP contribution in [0.1, 0.15) is 32.0 Å². The number of oxime groups is 1. The highest BCUT2D eigenvalue weighted by atomic mass is 16.4. The third kappa shape index (κ3) is 2.13. The largest absolute Gasteiger partial charge is 0.411 e. The lowest BCUT2D eigenvalue weighted by molar-refractivity contribution is 0.319. The normalized spacial score (nSPS) is 12.5. The molecular weight excluding hydrogens is 178 g/mol. The maximum absolute atomic E-state index is 8.65. The van der Waals surface area contributed by atoms with Crippen LogP contribution in [-0.2, 0) is 6.54 Å². The highest BCUT2D eigenvalue weighted by Crippen LogP contribution is 2.10. The SMILES string of the molecule is C/C(=N\O)c1cnn(CC(C)C)c1C. The Morgan fingerprint density at radius 3 is 2.79 bits per heavy atom. The fourth-order valence-corrected chi connectivity index (χ4v) is 1.39. The molecular formula is C10H17N3O. The molecule has 0 saturated carbocycles. The zero-order valence-corrected chi connectivity index (χ0v) is 9.15. The average Bonchev–Trinajstić information content (AvgIpc) is 2.46. The smallest absolute Gasteiger partial charge is 0.0871 e. The van der Waals surface area contributed by atoms with Gasteiger partial charge in [-0.05, 0) is 19.8 Å². The molecule has 0 saturated heterocycles. The minimum absolute atomic E-state index is 0.563. The first kappa shape index (κ1) is 10.8. The Hall–Kier alpha value is -1.32. The number of rotatable bonds is 3. The molecule has 4 nitrogen and oxygen atoms in total. The van der Waals surface area contributed by atoms with Crippen molar-refractivity contribution in [2.24, 2.45) is 11.1 Å². The number of hydrogen-bond donors (Lipinski definition) is 1. The minimum Gasteiger partial charge on any atom is -0.411 e. The molecule has 0 bridgehead atoms. The first-order valence-corrected chi connectivity index (χ1v) is 4.77. The monoisotopic (exact) mass is 195 g/mol. The van der Waals surface area contributed by atoms with Gasteiger partial charge in [-0.1, -0.05) is 19.0 Å². The van der Waals surface area contributed by atoms with Crippen LogP contribution in [0, 0.1) is 12.8 Å². The molecule has 0 aliphatic carbocycles. The zero-order chi connectivity index (χ0) is 10.7. The first-order valence-electron chi connectivity index (χ1n) is 4.77. The average molecular weight is 195 g/mol. The lowest BCUT2D eigenvalue weighted by Crippen LogP contribution is -2.08. The van der Waals surface area contributed by atoms with Gasteiger partial charge in [0.15, 0.2) is 0 Å². The maximum atomic E-state index is 8.65. The molecule has 1 aromatic rings. The van der Waals surface area contributed by atoms with E-state index in [1.54, 1.807) is 13.1 Å². The molecule has 0 amide bonds. The van der Waals surface area contributed by atoms with Crippen LogP contribution in [0.5, 0.6) is 0 Å². The Balaban J connectivity index is 2.96. The highest BCUT2D eigenvalue weighted by molar-refractivity contribution is 5.98. The van der Waals surface area contributed by atoms with Crippen LogP contribution in [0.2, 0.25) is 0 Å². The van der Waals surface area contributed by atoms with Gasteiger partial charge in [-0.25, -0.2) is 0 Å². The second-order valence-corrected chi connectivity index (χ2v) is 3.91. The van der Waals surface area contributed by atoms with E-state index in [0.29, 0.717) is 11.6 Å². The molecule has 78 valence electrons. The van der Waals surface area contributed by atoms with Gasteiger partial charge < -0.3 is 5.21 Å². The molecule has 0 fully saturated rings.